The van der Waals surface area contributed by atoms with E-state index in [1.54, 1.807) is 19.9 Å². The maximum Gasteiger partial charge on any atom is 0.330 e. The molecular formula is C18H26O6. The Labute approximate surface area is 143 Å². The number of carbonyl (C=O) groups excluding carboxylic acids is 2. The number of methoxy groups -OCH3 is 1. The molecule has 0 saturated carbocycles. The van der Waals surface area contributed by atoms with Crippen LogP contribution in [0.15, 0.2) is 12.2 Å². The third kappa shape index (κ3) is 7.16. The number of carbonyl (C=O) groups is 2. The van der Waals surface area contributed by atoms with Gasteiger partial charge in [-0.3, -0.25) is 4.79 Å². The summed E-state index contributed by atoms with van der Waals surface area (Å²) in [5.41, 5.74) is 0. The summed E-state index contributed by atoms with van der Waals surface area (Å²) in [7, 11) is 1.30. The Kier molecular flexibility index (Phi) is 7.96. The highest BCUT2D eigenvalue weighted by Crippen LogP contribution is 2.28. The number of hydrogen-bond donors (Lipinski definition) is 0. The molecule has 134 valence electrons. The molecular weight excluding hydrogens is 312 g/mol. The molecule has 1 aliphatic heterocycles. The Balaban J connectivity index is 2.85. The average Bonchev–Trinajstić information content (AvgIpc) is 2.81. The SMILES string of the molecule is CCCC[C@@H](C#C[C@@H]1OC(C)(C)O[C@H]1/C=C/C(=O)OC)OC(C)=O. The zero-order chi connectivity index (χ0) is 18.2. The van der Waals surface area contributed by atoms with Gasteiger partial charge in [0.25, 0.3) is 0 Å². The summed E-state index contributed by atoms with van der Waals surface area (Å²) in [6.45, 7) is 6.96. The van der Waals surface area contributed by atoms with E-state index in [0.717, 1.165) is 12.8 Å². The van der Waals surface area contributed by atoms with E-state index in [0.29, 0.717) is 6.42 Å². The number of ether oxygens (including phenoxy) is 4. The molecule has 0 aromatic carbocycles. The summed E-state index contributed by atoms with van der Waals surface area (Å²) < 4.78 is 21.3. The third-order valence-corrected chi connectivity index (χ3v) is 3.27. The molecule has 6 heteroatoms. The Hall–Kier alpha value is -1.84. The Morgan fingerprint density at radius 3 is 2.62 bits per heavy atom. The van der Waals surface area contributed by atoms with E-state index in [9.17, 15) is 9.59 Å². The van der Waals surface area contributed by atoms with Gasteiger partial charge in [0, 0.05) is 13.0 Å². The second-order valence-corrected chi connectivity index (χ2v) is 5.93. The van der Waals surface area contributed by atoms with Gasteiger partial charge in [0.2, 0.25) is 0 Å². The minimum absolute atomic E-state index is 0.364. The summed E-state index contributed by atoms with van der Waals surface area (Å²) in [6.07, 6.45) is 3.88. The van der Waals surface area contributed by atoms with Crippen molar-refractivity contribution in [1.82, 2.24) is 0 Å². The maximum absolute atomic E-state index is 11.2. The molecule has 24 heavy (non-hydrogen) atoms. The van der Waals surface area contributed by atoms with Gasteiger partial charge >= 0.3 is 11.9 Å². The van der Waals surface area contributed by atoms with Gasteiger partial charge in [0.05, 0.1) is 7.11 Å². The van der Waals surface area contributed by atoms with Crippen molar-refractivity contribution >= 4 is 11.9 Å². The van der Waals surface area contributed by atoms with Crippen molar-refractivity contribution in [2.24, 2.45) is 0 Å². The van der Waals surface area contributed by atoms with Crippen LogP contribution < -0.4 is 0 Å². The van der Waals surface area contributed by atoms with Crippen LogP contribution in [0.25, 0.3) is 0 Å². The number of rotatable bonds is 6. The molecule has 1 fully saturated rings. The van der Waals surface area contributed by atoms with Crippen LogP contribution in [0, 0.1) is 11.8 Å². The van der Waals surface area contributed by atoms with Crippen LogP contribution in [0.5, 0.6) is 0 Å². The molecule has 1 heterocycles. The molecule has 3 atom stereocenters. The van der Waals surface area contributed by atoms with E-state index in [2.05, 4.69) is 23.5 Å². The van der Waals surface area contributed by atoms with Gasteiger partial charge in [-0.05, 0) is 32.8 Å². The van der Waals surface area contributed by atoms with Crippen LogP contribution in [0.4, 0.5) is 0 Å². The largest absolute Gasteiger partial charge is 0.466 e. The van der Waals surface area contributed by atoms with E-state index >= 15 is 0 Å². The lowest BCUT2D eigenvalue weighted by atomic mass is 10.1. The van der Waals surface area contributed by atoms with Crippen molar-refractivity contribution in [3.05, 3.63) is 12.2 Å². The van der Waals surface area contributed by atoms with Crippen LogP contribution in [0.1, 0.15) is 47.0 Å². The minimum Gasteiger partial charge on any atom is -0.466 e. The van der Waals surface area contributed by atoms with E-state index in [-0.39, 0.29) is 5.97 Å². The molecule has 0 aliphatic carbocycles. The fourth-order valence-corrected chi connectivity index (χ4v) is 2.21. The summed E-state index contributed by atoms with van der Waals surface area (Å²) in [5, 5.41) is 0. The van der Waals surface area contributed by atoms with E-state index < -0.39 is 30.1 Å². The predicted octanol–water partition coefficient (Wildman–Crippen LogP) is 2.36. The molecule has 0 radical (unpaired) electrons. The molecule has 0 bridgehead atoms. The summed E-state index contributed by atoms with van der Waals surface area (Å²) in [4.78, 5) is 22.4. The van der Waals surface area contributed by atoms with Crippen LogP contribution in [0.3, 0.4) is 0 Å². The lowest BCUT2D eigenvalue weighted by Gasteiger charge is -2.15. The van der Waals surface area contributed by atoms with Crippen LogP contribution in [0.2, 0.25) is 0 Å². The minimum atomic E-state index is -0.815. The Bertz CT molecular complexity index is 525. The standard InChI is InChI=1S/C18H26O6/c1-6-7-8-14(22-13(2)19)9-10-15-16(11-12-17(20)21-5)24-18(3,4)23-15/h11-12,14-16H,6-8H2,1-5H3/b12-11+/t14-,15-,16-/m0/s1. The summed E-state index contributed by atoms with van der Waals surface area (Å²) >= 11 is 0. The quantitative estimate of drug-likeness (QED) is 0.421. The highest BCUT2D eigenvalue weighted by atomic mass is 16.7. The molecule has 0 unspecified atom stereocenters. The zero-order valence-electron chi connectivity index (χ0n) is 15.0. The first-order valence-corrected chi connectivity index (χ1v) is 8.07. The first-order chi connectivity index (χ1) is 11.3. The number of esters is 2. The fraction of sp³-hybridized carbons (Fsp3) is 0.667. The van der Waals surface area contributed by atoms with Crippen molar-refractivity contribution in [2.75, 3.05) is 7.11 Å². The molecule has 1 aliphatic rings. The third-order valence-electron chi connectivity index (χ3n) is 3.27. The van der Waals surface area contributed by atoms with Crippen molar-refractivity contribution in [3.63, 3.8) is 0 Å². The topological polar surface area (TPSA) is 71.1 Å². The lowest BCUT2D eigenvalue weighted by Crippen LogP contribution is -2.21. The average molecular weight is 338 g/mol. The van der Waals surface area contributed by atoms with Gasteiger partial charge in [0.1, 0.15) is 6.10 Å². The first kappa shape index (κ1) is 20.2. The molecule has 0 aromatic heterocycles. The second-order valence-electron chi connectivity index (χ2n) is 5.93. The van der Waals surface area contributed by atoms with Crippen LogP contribution >= 0.6 is 0 Å². The number of unbranched alkanes of at least 4 members (excludes halogenated alkanes) is 1. The maximum atomic E-state index is 11.2. The highest BCUT2D eigenvalue weighted by Gasteiger charge is 2.39. The van der Waals surface area contributed by atoms with Crippen LogP contribution in [-0.4, -0.2) is 43.1 Å². The molecule has 0 amide bonds. The van der Waals surface area contributed by atoms with Crippen molar-refractivity contribution in [3.8, 4) is 11.8 Å². The molecule has 6 nitrogen and oxygen atoms in total. The normalized spacial score (nSPS) is 23.4. The van der Waals surface area contributed by atoms with Crippen molar-refractivity contribution < 1.29 is 28.5 Å². The van der Waals surface area contributed by atoms with Gasteiger partial charge < -0.3 is 18.9 Å². The predicted molar refractivity (Wildman–Crippen MR) is 87.8 cm³/mol. The van der Waals surface area contributed by atoms with Crippen molar-refractivity contribution in [2.45, 2.75) is 71.1 Å². The molecule has 1 rings (SSSR count). The van der Waals surface area contributed by atoms with E-state index in [1.165, 1.54) is 20.1 Å². The van der Waals surface area contributed by atoms with Gasteiger partial charge in [0.15, 0.2) is 18.0 Å². The fourth-order valence-electron chi connectivity index (χ4n) is 2.21. The molecule has 1 saturated heterocycles. The monoisotopic (exact) mass is 338 g/mol. The van der Waals surface area contributed by atoms with Crippen molar-refractivity contribution in [1.29, 1.82) is 0 Å². The Morgan fingerprint density at radius 1 is 1.33 bits per heavy atom. The molecule has 0 aromatic rings. The highest BCUT2D eigenvalue weighted by molar-refractivity contribution is 5.81. The van der Waals surface area contributed by atoms with Crippen LogP contribution in [-0.2, 0) is 28.5 Å². The van der Waals surface area contributed by atoms with Gasteiger partial charge in [-0.15, -0.1) is 0 Å². The first-order valence-electron chi connectivity index (χ1n) is 8.07. The Morgan fingerprint density at radius 2 is 2.04 bits per heavy atom. The smallest absolute Gasteiger partial charge is 0.330 e. The van der Waals surface area contributed by atoms with E-state index in [1.807, 2.05) is 0 Å². The summed E-state index contributed by atoms with van der Waals surface area (Å²) in [6, 6.07) is 0. The summed E-state index contributed by atoms with van der Waals surface area (Å²) in [5.74, 6) is 4.26. The zero-order valence-corrected chi connectivity index (χ0v) is 15.0. The van der Waals surface area contributed by atoms with E-state index in [4.69, 9.17) is 14.2 Å². The second kappa shape index (κ2) is 9.45. The molecule has 0 N–H and O–H groups in total. The van der Waals surface area contributed by atoms with Gasteiger partial charge in [-0.2, -0.15) is 0 Å². The van der Waals surface area contributed by atoms with Gasteiger partial charge in [-0.1, -0.05) is 25.2 Å². The number of hydrogen-bond acceptors (Lipinski definition) is 6. The molecule has 0 spiro atoms. The van der Waals surface area contributed by atoms with Gasteiger partial charge in [-0.25, -0.2) is 4.79 Å². The lowest BCUT2D eigenvalue weighted by molar-refractivity contribution is -0.144.